The van der Waals surface area contributed by atoms with Crippen molar-refractivity contribution in [3.8, 4) is 0 Å². The summed E-state index contributed by atoms with van der Waals surface area (Å²) in [5.41, 5.74) is 0. The van der Waals surface area contributed by atoms with Crippen LogP contribution in [-0.4, -0.2) is 19.7 Å². The Morgan fingerprint density at radius 1 is 1.60 bits per heavy atom. The van der Waals surface area contributed by atoms with Gasteiger partial charge in [0, 0.05) is 0 Å². The largest absolute Gasteiger partial charge is 0.232 e. The molecule has 0 atom stereocenters. The highest BCUT2D eigenvalue weighted by molar-refractivity contribution is 7.55. The summed E-state index contributed by atoms with van der Waals surface area (Å²) in [6, 6.07) is 0. The van der Waals surface area contributed by atoms with Crippen LogP contribution < -0.4 is 0 Å². The van der Waals surface area contributed by atoms with Crippen molar-refractivity contribution in [3.05, 3.63) is 0 Å². The average Bonchev–Trinajstić information content (AvgIpc) is 1.38. The van der Waals surface area contributed by atoms with Crippen molar-refractivity contribution in [3.63, 3.8) is 0 Å². The molecule has 0 saturated carbocycles. The van der Waals surface area contributed by atoms with Gasteiger partial charge in [0.05, 0.1) is 0 Å². The molecular weight excluding hydrogens is 83.0 g/mol. The van der Waals surface area contributed by atoms with Crippen LogP contribution in [0.1, 0.15) is 0 Å². The minimum Gasteiger partial charge on any atom is -0.232 e. The minimum atomic E-state index is -0.154. The molecule has 1 radical (unpaired) electrons. The third kappa shape index (κ3) is 4.39. The maximum absolute atomic E-state index is 9.66. The Kier molecular flexibility index (Phi) is 2.82. The molecule has 0 spiro atoms. The quantitative estimate of drug-likeness (QED) is 0.431. The van der Waals surface area contributed by atoms with Crippen molar-refractivity contribution in [2.24, 2.45) is 0 Å². The Labute approximate surface area is 33.8 Å². The van der Waals surface area contributed by atoms with Crippen LogP contribution in [0.3, 0.4) is 0 Å². The van der Waals surface area contributed by atoms with Crippen molar-refractivity contribution < 1.29 is 5.11 Å². The van der Waals surface area contributed by atoms with Crippen molar-refractivity contribution in [2.75, 3.05) is 19.7 Å². The number of hydrogen-bond donors (Lipinski definition) is 0. The van der Waals surface area contributed by atoms with Gasteiger partial charge in [0.15, 0.2) is 0 Å². The van der Waals surface area contributed by atoms with Crippen molar-refractivity contribution in [1.82, 2.24) is 0 Å². The van der Waals surface area contributed by atoms with Crippen LogP contribution in [0.15, 0.2) is 0 Å². The highest BCUT2D eigenvalue weighted by Crippen LogP contribution is 2.20. The van der Waals surface area contributed by atoms with E-state index in [-0.39, 0.29) is 14.3 Å². The maximum Gasteiger partial charge on any atom is 0.101 e. The van der Waals surface area contributed by atoms with Gasteiger partial charge in [-0.05, 0) is 13.3 Å². The summed E-state index contributed by atoms with van der Waals surface area (Å²) in [6.45, 7) is 3.95. The molecule has 0 saturated heterocycles. The van der Waals surface area contributed by atoms with E-state index in [9.17, 15) is 5.11 Å². The minimum absolute atomic E-state index is 0.120. The van der Waals surface area contributed by atoms with E-state index in [1.165, 1.54) is 0 Å². The summed E-state index contributed by atoms with van der Waals surface area (Å²) in [5.74, 6) is 0. The fraction of sp³-hybridized carbons (Fsp3) is 1.00. The Morgan fingerprint density at radius 3 is 1.80 bits per heavy atom. The summed E-state index contributed by atoms with van der Waals surface area (Å²) in [7, 11) is -0.154. The summed E-state index contributed by atoms with van der Waals surface area (Å²) < 4.78 is 0. The highest BCUT2D eigenvalue weighted by atomic mass is 31.1. The standard InChI is InChI=1S/C3H8OP/c1-5(2)3-4/h3H2,1-2H3. The van der Waals surface area contributed by atoms with Gasteiger partial charge in [-0.1, -0.05) is 7.92 Å². The molecular formula is C3H8OP. The first-order chi connectivity index (χ1) is 2.27. The second-order valence-corrected chi connectivity index (χ2v) is 3.63. The van der Waals surface area contributed by atoms with Crippen molar-refractivity contribution in [2.45, 2.75) is 0 Å². The fourth-order valence-corrected chi connectivity index (χ4v) is 0. The van der Waals surface area contributed by atoms with Gasteiger partial charge in [0.25, 0.3) is 0 Å². The first-order valence-corrected chi connectivity index (χ1v) is 3.92. The molecule has 5 heavy (non-hydrogen) atoms. The van der Waals surface area contributed by atoms with E-state index in [1.807, 2.05) is 13.3 Å². The normalized spacial score (nSPS) is 9.60. The molecule has 2 heteroatoms. The van der Waals surface area contributed by atoms with Crippen LogP contribution in [0.4, 0.5) is 0 Å². The lowest BCUT2D eigenvalue weighted by atomic mass is 11.7. The lowest BCUT2D eigenvalue weighted by Crippen LogP contribution is -1.68. The first kappa shape index (κ1) is 5.39. The van der Waals surface area contributed by atoms with E-state index < -0.39 is 0 Å². The Morgan fingerprint density at radius 2 is 1.80 bits per heavy atom. The second kappa shape index (κ2) is 2.62. The molecule has 0 aromatic rings. The molecule has 0 N–H and O–H groups in total. The van der Waals surface area contributed by atoms with Gasteiger partial charge in [-0.3, -0.25) is 0 Å². The lowest BCUT2D eigenvalue weighted by Gasteiger charge is -1.89. The van der Waals surface area contributed by atoms with Crippen LogP contribution >= 0.6 is 7.92 Å². The number of rotatable bonds is 1. The Balaban J connectivity index is 2.54. The van der Waals surface area contributed by atoms with Crippen LogP contribution in [0.2, 0.25) is 0 Å². The van der Waals surface area contributed by atoms with Crippen molar-refractivity contribution >= 4 is 7.92 Å². The molecule has 0 heterocycles. The molecule has 0 aliphatic carbocycles. The van der Waals surface area contributed by atoms with Crippen LogP contribution in [0, 0.1) is 0 Å². The van der Waals surface area contributed by atoms with Crippen LogP contribution in [0.25, 0.3) is 0 Å². The Hall–Kier alpha value is 0.390. The zero-order valence-electron chi connectivity index (χ0n) is 3.56. The van der Waals surface area contributed by atoms with Gasteiger partial charge in [-0.2, -0.15) is 0 Å². The molecule has 0 unspecified atom stereocenters. The van der Waals surface area contributed by atoms with Gasteiger partial charge < -0.3 is 0 Å². The summed E-state index contributed by atoms with van der Waals surface area (Å²) in [6.07, 6.45) is 0.120. The number of hydrogen-bond acceptors (Lipinski definition) is 0. The van der Waals surface area contributed by atoms with Gasteiger partial charge in [-0.15, -0.1) is 0 Å². The van der Waals surface area contributed by atoms with E-state index in [2.05, 4.69) is 0 Å². The average molecular weight is 91.1 g/mol. The van der Waals surface area contributed by atoms with E-state index in [4.69, 9.17) is 0 Å². The second-order valence-electron chi connectivity index (χ2n) is 1.21. The van der Waals surface area contributed by atoms with Gasteiger partial charge in [0.2, 0.25) is 0 Å². The molecule has 0 aromatic carbocycles. The molecule has 0 aromatic heterocycles. The lowest BCUT2D eigenvalue weighted by molar-refractivity contribution is 0.257. The van der Waals surface area contributed by atoms with E-state index in [0.29, 0.717) is 0 Å². The smallest absolute Gasteiger partial charge is 0.101 e. The summed E-state index contributed by atoms with van der Waals surface area (Å²) in [4.78, 5) is 0. The topological polar surface area (TPSA) is 19.9 Å². The first-order valence-electron chi connectivity index (χ1n) is 1.50. The molecule has 0 bridgehead atoms. The molecule has 0 aliphatic heterocycles. The molecule has 1 nitrogen and oxygen atoms in total. The van der Waals surface area contributed by atoms with Crippen molar-refractivity contribution in [1.29, 1.82) is 0 Å². The van der Waals surface area contributed by atoms with Gasteiger partial charge in [-0.25, -0.2) is 5.11 Å². The van der Waals surface area contributed by atoms with Crippen LogP contribution in [0.5, 0.6) is 0 Å². The van der Waals surface area contributed by atoms with E-state index in [1.54, 1.807) is 0 Å². The maximum atomic E-state index is 9.66. The van der Waals surface area contributed by atoms with E-state index >= 15 is 0 Å². The zero-order valence-corrected chi connectivity index (χ0v) is 4.46. The molecule has 0 amide bonds. The predicted molar refractivity (Wildman–Crippen MR) is 24.3 cm³/mol. The SMILES string of the molecule is CP(C)C[O]. The summed E-state index contributed by atoms with van der Waals surface area (Å²) in [5, 5.41) is 9.66. The predicted octanol–water partition coefficient (Wildman–Crippen LogP) is 1.12. The monoisotopic (exact) mass is 91.0 g/mol. The molecule has 0 fully saturated rings. The van der Waals surface area contributed by atoms with Crippen LogP contribution in [-0.2, 0) is 5.11 Å². The third-order valence-electron chi connectivity index (χ3n) is 0.258. The molecule has 31 valence electrons. The van der Waals surface area contributed by atoms with Gasteiger partial charge in [0.1, 0.15) is 6.35 Å². The highest BCUT2D eigenvalue weighted by Gasteiger charge is 1.81. The van der Waals surface area contributed by atoms with Gasteiger partial charge >= 0.3 is 0 Å². The third-order valence-corrected chi connectivity index (χ3v) is 0.775. The molecule has 0 rings (SSSR count). The zero-order chi connectivity index (χ0) is 4.28. The summed E-state index contributed by atoms with van der Waals surface area (Å²) >= 11 is 0. The Bertz CT molecular complexity index is 20.9. The molecule has 0 aliphatic rings. The van der Waals surface area contributed by atoms with E-state index in [0.717, 1.165) is 0 Å². The fourth-order valence-electron chi connectivity index (χ4n) is 0.